The summed E-state index contributed by atoms with van der Waals surface area (Å²) in [5.74, 6) is 1.61. The van der Waals surface area contributed by atoms with E-state index >= 15 is 0 Å². The Labute approximate surface area is 118 Å². The summed E-state index contributed by atoms with van der Waals surface area (Å²) in [6, 6.07) is 17.4. The molecule has 4 nitrogen and oxygen atoms in total. The minimum Gasteiger partial charge on any atom is -0.457 e. The number of ether oxygens (including phenoxy) is 1. The van der Waals surface area contributed by atoms with Crippen LogP contribution in [-0.2, 0) is 6.42 Å². The third-order valence-electron chi connectivity index (χ3n) is 2.80. The second kappa shape index (κ2) is 7.19. The number of amides is 2. The van der Waals surface area contributed by atoms with Gasteiger partial charge in [0.2, 0.25) is 0 Å². The van der Waals surface area contributed by atoms with E-state index in [0.717, 1.165) is 23.5 Å². The number of benzene rings is 2. The molecule has 0 aromatic heterocycles. The van der Waals surface area contributed by atoms with Crippen LogP contribution in [0.25, 0.3) is 0 Å². The molecule has 0 atom stereocenters. The lowest BCUT2D eigenvalue weighted by atomic mass is 10.1. The summed E-state index contributed by atoms with van der Waals surface area (Å²) < 4.78 is 5.77. The number of hydrogen-bond donors (Lipinski definition) is 2. The lowest BCUT2D eigenvalue weighted by molar-refractivity contribution is 0.243. The van der Waals surface area contributed by atoms with E-state index in [1.165, 1.54) is 0 Å². The van der Waals surface area contributed by atoms with Gasteiger partial charge in [0, 0.05) is 13.6 Å². The average Bonchev–Trinajstić information content (AvgIpc) is 2.48. The van der Waals surface area contributed by atoms with Gasteiger partial charge in [0.1, 0.15) is 11.5 Å². The Hall–Kier alpha value is -2.49. The number of carbonyl (C=O) groups excluding carboxylic acids is 1. The Balaban J connectivity index is 1.92. The molecule has 2 aromatic carbocycles. The molecule has 0 aliphatic rings. The standard InChI is InChI=1S/C16H18N2O2/c1-17-16(19)18-11-10-13-6-5-9-15(12-13)20-14-7-3-2-4-8-14/h2-9,12H,10-11H2,1H3,(H2,17,18,19). The summed E-state index contributed by atoms with van der Waals surface area (Å²) in [6.45, 7) is 0.592. The maximum atomic E-state index is 11.1. The van der Waals surface area contributed by atoms with Crippen LogP contribution in [0.1, 0.15) is 5.56 Å². The van der Waals surface area contributed by atoms with Crippen LogP contribution in [0.4, 0.5) is 4.79 Å². The monoisotopic (exact) mass is 270 g/mol. The van der Waals surface area contributed by atoms with Crippen molar-refractivity contribution in [3.63, 3.8) is 0 Å². The highest BCUT2D eigenvalue weighted by Crippen LogP contribution is 2.21. The molecule has 0 saturated carbocycles. The molecular weight excluding hydrogens is 252 g/mol. The van der Waals surface area contributed by atoms with Gasteiger partial charge >= 0.3 is 6.03 Å². The van der Waals surface area contributed by atoms with Gasteiger partial charge in [-0.05, 0) is 36.2 Å². The summed E-state index contributed by atoms with van der Waals surface area (Å²) in [4.78, 5) is 11.1. The van der Waals surface area contributed by atoms with E-state index < -0.39 is 0 Å². The second-order valence-electron chi connectivity index (χ2n) is 4.32. The lowest BCUT2D eigenvalue weighted by Crippen LogP contribution is -2.33. The molecule has 0 aliphatic carbocycles. The number of urea groups is 1. The first kappa shape index (κ1) is 13.9. The van der Waals surface area contributed by atoms with Crippen LogP contribution in [0.15, 0.2) is 54.6 Å². The van der Waals surface area contributed by atoms with E-state index in [0.29, 0.717) is 6.54 Å². The van der Waals surface area contributed by atoms with Crippen molar-refractivity contribution in [3.05, 3.63) is 60.2 Å². The first-order valence-electron chi connectivity index (χ1n) is 6.55. The van der Waals surface area contributed by atoms with E-state index in [4.69, 9.17) is 4.74 Å². The Morgan fingerprint density at radius 3 is 2.55 bits per heavy atom. The molecular formula is C16H18N2O2. The van der Waals surface area contributed by atoms with Gasteiger partial charge in [0.25, 0.3) is 0 Å². The van der Waals surface area contributed by atoms with Crippen LogP contribution in [0, 0.1) is 0 Å². The zero-order chi connectivity index (χ0) is 14.2. The molecule has 2 aromatic rings. The van der Waals surface area contributed by atoms with Gasteiger partial charge in [-0.25, -0.2) is 4.79 Å². The molecule has 0 fully saturated rings. The van der Waals surface area contributed by atoms with E-state index in [1.54, 1.807) is 7.05 Å². The van der Waals surface area contributed by atoms with Gasteiger partial charge in [0.15, 0.2) is 0 Å². The van der Waals surface area contributed by atoms with Gasteiger partial charge in [0.05, 0.1) is 0 Å². The summed E-state index contributed by atoms with van der Waals surface area (Å²) in [5, 5.41) is 5.28. The molecule has 4 heteroatoms. The summed E-state index contributed by atoms with van der Waals surface area (Å²) in [6.07, 6.45) is 0.763. The van der Waals surface area contributed by atoms with Crippen molar-refractivity contribution in [1.29, 1.82) is 0 Å². The maximum Gasteiger partial charge on any atom is 0.314 e. The third kappa shape index (κ3) is 4.31. The number of hydrogen-bond acceptors (Lipinski definition) is 2. The SMILES string of the molecule is CNC(=O)NCCc1cccc(Oc2ccccc2)c1. The van der Waals surface area contributed by atoms with E-state index in [2.05, 4.69) is 10.6 Å². The average molecular weight is 270 g/mol. The Bertz CT molecular complexity index is 555. The van der Waals surface area contributed by atoms with Crippen LogP contribution in [0.5, 0.6) is 11.5 Å². The fraction of sp³-hybridized carbons (Fsp3) is 0.188. The molecule has 104 valence electrons. The predicted octanol–water partition coefficient (Wildman–Crippen LogP) is 2.95. The van der Waals surface area contributed by atoms with Crippen molar-refractivity contribution in [2.24, 2.45) is 0 Å². The zero-order valence-corrected chi connectivity index (χ0v) is 11.4. The molecule has 0 heterocycles. The number of para-hydroxylation sites is 1. The smallest absolute Gasteiger partial charge is 0.314 e. The molecule has 20 heavy (non-hydrogen) atoms. The van der Waals surface area contributed by atoms with E-state index in [-0.39, 0.29) is 6.03 Å². The van der Waals surface area contributed by atoms with Gasteiger partial charge in [-0.1, -0.05) is 30.3 Å². The molecule has 0 saturated heterocycles. The Morgan fingerprint density at radius 1 is 1.05 bits per heavy atom. The van der Waals surface area contributed by atoms with Crippen LogP contribution in [0.2, 0.25) is 0 Å². The summed E-state index contributed by atoms with van der Waals surface area (Å²) >= 11 is 0. The topological polar surface area (TPSA) is 50.4 Å². The van der Waals surface area contributed by atoms with Gasteiger partial charge in [-0.3, -0.25) is 0 Å². The molecule has 2 rings (SSSR count). The molecule has 0 unspecified atom stereocenters. The Kier molecular flexibility index (Phi) is 5.00. The van der Waals surface area contributed by atoms with Gasteiger partial charge in [-0.15, -0.1) is 0 Å². The molecule has 0 aliphatic heterocycles. The highest BCUT2D eigenvalue weighted by atomic mass is 16.5. The summed E-state index contributed by atoms with van der Waals surface area (Å²) in [7, 11) is 1.60. The first-order chi connectivity index (χ1) is 9.78. The van der Waals surface area contributed by atoms with Gasteiger partial charge in [-0.2, -0.15) is 0 Å². The predicted molar refractivity (Wildman–Crippen MR) is 79.1 cm³/mol. The minimum atomic E-state index is -0.165. The van der Waals surface area contributed by atoms with E-state index in [9.17, 15) is 4.79 Å². The normalized spacial score (nSPS) is 9.85. The molecule has 2 N–H and O–H groups in total. The number of nitrogens with one attached hydrogen (secondary N) is 2. The fourth-order valence-corrected chi connectivity index (χ4v) is 1.80. The van der Waals surface area contributed by atoms with Crippen molar-refractivity contribution in [3.8, 4) is 11.5 Å². The zero-order valence-electron chi connectivity index (χ0n) is 11.4. The van der Waals surface area contributed by atoms with Crippen molar-refractivity contribution in [2.75, 3.05) is 13.6 Å². The van der Waals surface area contributed by atoms with Crippen molar-refractivity contribution < 1.29 is 9.53 Å². The minimum absolute atomic E-state index is 0.165. The van der Waals surface area contributed by atoms with Crippen molar-refractivity contribution in [1.82, 2.24) is 10.6 Å². The molecule has 0 spiro atoms. The maximum absolute atomic E-state index is 11.1. The summed E-state index contributed by atoms with van der Waals surface area (Å²) in [5.41, 5.74) is 1.12. The quantitative estimate of drug-likeness (QED) is 0.877. The first-order valence-corrected chi connectivity index (χ1v) is 6.55. The second-order valence-corrected chi connectivity index (χ2v) is 4.32. The van der Waals surface area contributed by atoms with Crippen LogP contribution in [0.3, 0.4) is 0 Å². The molecule has 0 bridgehead atoms. The largest absolute Gasteiger partial charge is 0.457 e. The lowest BCUT2D eigenvalue weighted by Gasteiger charge is -2.08. The molecule has 0 radical (unpaired) electrons. The van der Waals surface area contributed by atoms with Crippen molar-refractivity contribution >= 4 is 6.03 Å². The highest BCUT2D eigenvalue weighted by Gasteiger charge is 2.00. The number of rotatable bonds is 5. The van der Waals surface area contributed by atoms with Gasteiger partial charge < -0.3 is 15.4 Å². The fourth-order valence-electron chi connectivity index (χ4n) is 1.80. The highest BCUT2D eigenvalue weighted by molar-refractivity contribution is 5.73. The number of carbonyl (C=O) groups is 1. The van der Waals surface area contributed by atoms with Crippen LogP contribution < -0.4 is 15.4 Å². The van der Waals surface area contributed by atoms with Crippen LogP contribution in [-0.4, -0.2) is 19.6 Å². The van der Waals surface area contributed by atoms with E-state index in [1.807, 2.05) is 54.6 Å². The molecule has 2 amide bonds. The van der Waals surface area contributed by atoms with Crippen LogP contribution >= 0.6 is 0 Å². The van der Waals surface area contributed by atoms with Crippen molar-refractivity contribution in [2.45, 2.75) is 6.42 Å². The third-order valence-corrected chi connectivity index (χ3v) is 2.80. The Morgan fingerprint density at radius 2 is 1.80 bits per heavy atom.